The number of aliphatic hydroxyl groups is 3. The number of carboxylic acids is 2. The predicted molar refractivity (Wildman–Crippen MR) is 415 cm³/mol. The molecule has 2 aliphatic heterocycles. The van der Waals surface area contributed by atoms with Crippen LogP contribution in [0.1, 0.15) is 222 Å². The molecular weight excluding hydrogens is 1380 g/mol. The Kier molecular flexibility index (Phi) is 44.3. The SMILES string of the molecule is C.CCCCCC(/C=C/[C@H]1C(OP)CC(=O)[C@@H]1C/C=C\CCCC(=O)O)OP.CCCCCC(/C=C/[C@H]1C(OP)CC(O)[C@@H]1C/C=C\CCCC(=O)O)OP.CCCCCC(O)/C=C/[C@H]1C(OC(=O)c2ccccc2)CC2OC(=O)C[C@@H]21.O=C1C[C@H]2C(CC(OC(=O)c3ccccc3)[C@@H]2CO)O1.[3HH].[3HH].[3HH].[3HH]. The summed E-state index contributed by atoms with van der Waals surface area (Å²) >= 11 is 0. The molecule has 578 valence electrons. The van der Waals surface area contributed by atoms with Crippen LogP contribution in [0.4, 0.5) is 0 Å². The van der Waals surface area contributed by atoms with E-state index in [1.165, 1.54) is 25.7 Å². The molecular formula is C78H126O20P4. The highest BCUT2D eigenvalue weighted by atomic mass is 31.0. The highest BCUT2D eigenvalue weighted by Gasteiger charge is 2.52. The van der Waals surface area contributed by atoms with Gasteiger partial charge in [0.2, 0.25) is 0 Å². The van der Waals surface area contributed by atoms with Crippen molar-refractivity contribution in [2.45, 2.75) is 256 Å². The van der Waals surface area contributed by atoms with E-state index < -0.39 is 36.2 Å². The number of esters is 4. The van der Waals surface area contributed by atoms with Crippen molar-refractivity contribution in [3.63, 3.8) is 0 Å². The van der Waals surface area contributed by atoms with E-state index in [1.54, 1.807) is 54.6 Å². The van der Waals surface area contributed by atoms with Gasteiger partial charge < -0.3 is 62.6 Å². The largest absolute Gasteiger partial charge is 0.481 e. The van der Waals surface area contributed by atoms with Gasteiger partial charge in [-0.25, -0.2) is 9.59 Å². The number of fused-ring (bicyclic) bond motifs is 2. The van der Waals surface area contributed by atoms with Gasteiger partial charge in [0.25, 0.3) is 0 Å². The number of hydrogen-bond acceptors (Lipinski definition) is 18. The first-order valence-electron chi connectivity index (χ1n) is 36.4. The number of allylic oxidation sites excluding steroid dienone is 4. The number of carbonyl (C=O) groups excluding carboxylic acids is 5. The Morgan fingerprint density at radius 2 is 1.02 bits per heavy atom. The molecule has 0 aromatic heterocycles. The number of carbonyl (C=O) groups is 7. The van der Waals surface area contributed by atoms with Gasteiger partial charge in [-0.05, 0) is 88.0 Å². The van der Waals surface area contributed by atoms with Crippen LogP contribution in [-0.4, -0.2) is 135 Å². The topological polar surface area (TPSA) is 294 Å². The normalized spacial score (nSPS) is 27.2. The molecule has 5 N–H and O–H groups in total. The zero-order valence-corrected chi connectivity index (χ0v) is 63.8. The predicted octanol–water partition coefficient (Wildman–Crippen LogP) is 16.0. The third-order valence-corrected chi connectivity index (χ3v) is 21.2. The lowest BCUT2D eigenvalue weighted by atomic mass is 9.89. The van der Waals surface area contributed by atoms with Crippen LogP contribution in [0.25, 0.3) is 0 Å². The molecule has 0 spiro atoms. The van der Waals surface area contributed by atoms with Crippen molar-refractivity contribution in [2.75, 3.05) is 6.61 Å². The summed E-state index contributed by atoms with van der Waals surface area (Å²) in [6, 6.07) is 17.6. The van der Waals surface area contributed by atoms with Gasteiger partial charge in [-0.3, -0.25) is 24.0 Å². The Hall–Kier alpha value is -4.93. The maximum atomic E-state index is 12.4. The number of aliphatic hydroxyl groups excluding tert-OH is 3. The molecule has 0 amide bonds. The lowest BCUT2D eigenvalue weighted by Gasteiger charge is -2.21. The van der Waals surface area contributed by atoms with Gasteiger partial charge in [-0.15, -0.1) is 0 Å². The summed E-state index contributed by atoms with van der Waals surface area (Å²) in [5.41, 5.74) is 0.993. The van der Waals surface area contributed by atoms with Crippen molar-refractivity contribution in [1.29, 1.82) is 0 Å². The first-order chi connectivity index (χ1) is 48.8. The van der Waals surface area contributed by atoms with Crippen LogP contribution in [0.5, 0.6) is 0 Å². The van der Waals surface area contributed by atoms with Gasteiger partial charge in [0.15, 0.2) is 0 Å². The average Bonchev–Trinajstić information content (AvgIpc) is 1.64. The van der Waals surface area contributed by atoms with E-state index in [1.807, 2.05) is 36.4 Å². The van der Waals surface area contributed by atoms with Crippen molar-refractivity contribution in [3.05, 3.63) is 133 Å². The maximum Gasteiger partial charge on any atom is 0.338 e. The molecule has 2 aromatic rings. The van der Waals surface area contributed by atoms with Gasteiger partial charge in [-0.1, -0.05) is 183 Å². The molecule has 14 unspecified atom stereocenters. The van der Waals surface area contributed by atoms with E-state index >= 15 is 0 Å². The number of hydrogen-bond donors (Lipinski definition) is 5. The molecule has 4 aliphatic carbocycles. The maximum absolute atomic E-state index is 12.4. The second-order valence-corrected chi connectivity index (χ2v) is 28.2. The molecule has 2 saturated heterocycles. The number of carboxylic acid groups (broad SMARTS) is 2. The molecule has 8 rings (SSSR count). The van der Waals surface area contributed by atoms with Gasteiger partial charge >= 0.3 is 35.8 Å². The van der Waals surface area contributed by atoms with Gasteiger partial charge in [0.05, 0.1) is 60.6 Å². The fourth-order valence-corrected chi connectivity index (χ4v) is 15.2. The van der Waals surface area contributed by atoms with E-state index in [-0.39, 0.29) is 146 Å². The number of unbranched alkanes of at least 4 members (excludes halogenated alkanes) is 8. The van der Waals surface area contributed by atoms with E-state index in [0.717, 1.165) is 70.6 Å². The van der Waals surface area contributed by atoms with Crippen molar-refractivity contribution >= 4 is 79.5 Å². The van der Waals surface area contributed by atoms with Crippen LogP contribution in [0.2, 0.25) is 0 Å². The van der Waals surface area contributed by atoms with Crippen LogP contribution in [0.3, 0.4) is 0 Å². The number of Topliss-reactive ketones (excluding diaryl/α,β-unsaturated/α-hetero) is 1. The summed E-state index contributed by atoms with van der Waals surface area (Å²) in [6.07, 6.45) is 38.1. The fourth-order valence-electron chi connectivity index (χ4n) is 14.2. The molecule has 6 aliphatic rings. The molecule has 24 heteroatoms. The molecule has 2 aromatic carbocycles. The first-order valence-corrected chi connectivity index (χ1v) is 38.3. The first kappa shape index (κ1) is 89.5. The van der Waals surface area contributed by atoms with E-state index in [0.29, 0.717) is 68.9 Å². The highest BCUT2D eigenvalue weighted by Crippen LogP contribution is 2.45. The molecule has 0 radical (unpaired) electrons. The summed E-state index contributed by atoms with van der Waals surface area (Å²) in [5, 5.41) is 47.5. The number of rotatable bonds is 39. The smallest absolute Gasteiger partial charge is 0.338 e. The van der Waals surface area contributed by atoms with Crippen LogP contribution in [0.15, 0.2) is 121 Å². The Morgan fingerprint density at radius 3 is 1.52 bits per heavy atom. The summed E-state index contributed by atoms with van der Waals surface area (Å²) in [4.78, 5) is 80.9. The van der Waals surface area contributed by atoms with Crippen LogP contribution < -0.4 is 0 Å². The summed E-state index contributed by atoms with van der Waals surface area (Å²) in [5.74, 6) is -2.70. The summed E-state index contributed by atoms with van der Waals surface area (Å²) in [6.45, 7) is 6.39. The molecule has 0 bridgehead atoms. The Labute approximate surface area is 621 Å². The molecule has 20 nitrogen and oxygen atoms in total. The van der Waals surface area contributed by atoms with E-state index in [2.05, 4.69) is 89.0 Å². The summed E-state index contributed by atoms with van der Waals surface area (Å²) < 4.78 is 43.8. The lowest BCUT2D eigenvalue weighted by Crippen LogP contribution is -2.28. The second kappa shape index (κ2) is 50.5. The molecule has 102 heavy (non-hydrogen) atoms. The van der Waals surface area contributed by atoms with Crippen molar-refractivity contribution in [3.8, 4) is 0 Å². The second-order valence-electron chi connectivity index (χ2n) is 27.1. The van der Waals surface area contributed by atoms with Gasteiger partial charge in [-0.2, -0.15) is 0 Å². The van der Waals surface area contributed by atoms with Gasteiger partial charge in [0.1, 0.15) is 30.2 Å². The highest BCUT2D eigenvalue weighted by molar-refractivity contribution is 7.10. The molecule has 6 fully saturated rings. The minimum absolute atomic E-state index is 0. The zero-order valence-electron chi connectivity index (χ0n) is 59.2. The number of benzene rings is 2. The standard InChI is InChI=1S/C22H28O5.C20H36O5P2.C20H34O5P2.C15H16O5.CH4.4H2/c1-2-3-5-10-16(23)11-12-17-18-13-21(24)26-20(18)14-19(17)27-22(25)15-8-6-4-7-9-15;2*1-2-3-6-9-15(24-26)12-13-17-16(18(21)14-19(17)25-27)10-7-4-5-8-11-20(22)23;16-8-11-10-6-14(17)19-12(10)7-13(11)20-15(18)9-4-2-1-3-5-9;;;;;/h4,6-9,11-12,16-20,23H,2-3,5,10,13-14H2,1H3;4,7,12-13,15-19,21H,2-3,5-6,8-11,14,26-27H2,1H3,(H,22,23);4,7,12-13,15-17,19H,2-3,5-6,8-11,14,26-27H2,1H3,(H,22,23);1-5,10-13,16H,6-8H2;1H4;4*1H/b12-11+;2*7-4-,13-12+;;;;;;/t16?,17-,18-,19?,20?;15?,16-,17-,18?,19?;15?,16-,17-,19?;10-,11-,12?,13?;;;;;/m1111...../s1/i;;;;;4*1+2. The third-order valence-electron chi connectivity index (χ3n) is 19.8. The van der Waals surface area contributed by atoms with Crippen LogP contribution in [0, 0.1) is 47.3 Å². The minimum Gasteiger partial charge on any atom is -0.481 e. The van der Waals surface area contributed by atoms with Crippen LogP contribution in [-0.2, 0) is 61.0 Å². The fraction of sp³-hybridized carbons (Fsp3) is 0.628. The Balaban J connectivity index is 0.00000137. The van der Waals surface area contributed by atoms with E-state index in [4.69, 9.17) is 47.3 Å². The lowest BCUT2D eigenvalue weighted by molar-refractivity contribution is -0.143. The monoisotopic (exact) mass is 1510 g/mol. The average molecular weight is 1520 g/mol. The van der Waals surface area contributed by atoms with Gasteiger partial charge in [0, 0.05) is 130 Å². The van der Waals surface area contributed by atoms with Crippen molar-refractivity contribution in [2.24, 2.45) is 47.3 Å². The summed E-state index contributed by atoms with van der Waals surface area (Å²) in [7, 11) is 9.31. The van der Waals surface area contributed by atoms with E-state index in [9.17, 15) is 48.9 Å². The zero-order chi connectivity index (χ0) is 73.5. The third kappa shape index (κ3) is 30.9. The quantitative estimate of drug-likeness (QED) is 0.0137. The van der Waals surface area contributed by atoms with Crippen molar-refractivity contribution < 1.29 is 102 Å². The number of ketones is 1. The van der Waals surface area contributed by atoms with Crippen molar-refractivity contribution in [1.82, 2.24) is 0 Å². The van der Waals surface area contributed by atoms with Crippen LogP contribution >= 0.6 is 37.9 Å². The minimum atomic E-state index is -0.773. The number of aliphatic carboxylic acids is 2. The molecule has 2 heterocycles. The molecule has 22 atom stereocenters. The number of ether oxygens (including phenoxy) is 4. The Morgan fingerprint density at radius 1 is 0.549 bits per heavy atom. The Bertz CT molecular complexity index is 2950. The molecule has 4 saturated carbocycles.